The first-order chi connectivity index (χ1) is 10.8. The lowest BCUT2D eigenvalue weighted by Crippen LogP contribution is -2.24. The van der Waals surface area contributed by atoms with Crippen LogP contribution in [0.25, 0.3) is 0 Å². The maximum atomic E-state index is 11.9. The smallest absolute Gasteiger partial charge is 0.263 e. The van der Waals surface area contributed by atoms with Crippen molar-refractivity contribution >= 4 is 22.4 Å². The van der Waals surface area contributed by atoms with Gasteiger partial charge in [-0.1, -0.05) is 17.4 Å². The Kier molecular flexibility index (Phi) is 3.34. The molecule has 4 rings (SSSR count). The van der Waals surface area contributed by atoms with E-state index in [2.05, 4.69) is 15.6 Å². The van der Waals surface area contributed by atoms with Gasteiger partial charge in [-0.3, -0.25) is 4.79 Å². The molecule has 1 fully saturated rings. The van der Waals surface area contributed by atoms with E-state index in [0.29, 0.717) is 17.5 Å². The van der Waals surface area contributed by atoms with Gasteiger partial charge in [0.2, 0.25) is 6.79 Å². The van der Waals surface area contributed by atoms with Crippen LogP contribution in [-0.4, -0.2) is 23.7 Å². The van der Waals surface area contributed by atoms with Crippen molar-refractivity contribution in [1.29, 1.82) is 0 Å². The van der Waals surface area contributed by atoms with Gasteiger partial charge in [-0.2, -0.15) is 0 Å². The first-order valence-electron chi connectivity index (χ1n) is 7.17. The molecule has 0 radical (unpaired) electrons. The number of anilines is 1. The molecule has 0 saturated heterocycles. The highest BCUT2D eigenvalue weighted by molar-refractivity contribution is 7.17. The van der Waals surface area contributed by atoms with Crippen LogP contribution < -0.4 is 20.1 Å². The highest BCUT2D eigenvalue weighted by atomic mass is 32.1. The third kappa shape index (κ3) is 2.85. The minimum atomic E-state index is -0.0314. The number of ether oxygens (including phenoxy) is 2. The van der Waals surface area contributed by atoms with Crippen molar-refractivity contribution in [3.63, 3.8) is 0 Å². The van der Waals surface area contributed by atoms with Crippen molar-refractivity contribution in [1.82, 2.24) is 10.3 Å². The summed E-state index contributed by atoms with van der Waals surface area (Å²) in [5.74, 6) is 1.51. The van der Waals surface area contributed by atoms with E-state index in [1.807, 2.05) is 18.2 Å². The molecule has 0 spiro atoms. The molecule has 2 aromatic rings. The Morgan fingerprint density at radius 2 is 2.18 bits per heavy atom. The Morgan fingerprint density at radius 1 is 1.32 bits per heavy atom. The normalized spacial score (nSPS) is 15.6. The fraction of sp³-hybridized carbons (Fsp3) is 0.333. The molecule has 2 heterocycles. The van der Waals surface area contributed by atoms with E-state index >= 15 is 0 Å². The number of nitrogens with one attached hydrogen (secondary N) is 2. The summed E-state index contributed by atoms with van der Waals surface area (Å²) < 4.78 is 10.6. The summed E-state index contributed by atoms with van der Waals surface area (Å²) in [4.78, 5) is 16.8. The van der Waals surface area contributed by atoms with Crippen LogP contribution in [0.4, 0.5) is 5.13 Å². The van der Waals surface area contributed by atoms with Crippen LogP contribution in [0.15, 0.2) is 24.4 Å². The number of fused-ring (bicyclic) bond motifs is 1. The van der Waals surface area contributed by atoms with Gasteiger partial charge >= 0.3 is 0 Å². The molecule has 1 aliphatic carbocycles. The number of aromatic nitrogens is 1. The third-order valence-electron chi connectivity index (χ3n) is 3.52. The average molecular weight is 317 g/mol. The zero-order valence-corrected chi connectivity index (χ0v) is 12.6. The van der Waals surface area contributed by atoms with Crippen molar-refractivity contribution in [3.8, 4) is 11.5 Å². The van der Waals surface area contributed by atoms with Gasteiger partial charge in [-0.15, -0.1) is 0 Å². The monoisotopic (exact) mass is 317 g/mol. The van der Waals surface area contributed by atoms with Crippen molar-refractivity contribution in [3.05, 3.63) is 34.8 Å². The zero-order chi connectivity index (χ0) is 14.9. The maximum Gasteiger partial charge on any atom is 0.263 e. The topological polar surface area (TPSA) is 72.5 Å². The number of rotatable bonds is 5. The Hall–Kier alpha value is -2.28. The Balaban J connectivity index is 1.37. The highest BCUT2D eigenvalue weighted by Crippen LogP contribution is 2.32. The van der Waals surface area contributed by atoms with Crippen molar-refractivity contribution in [2.45, 2.75) is 25.4 Å². The molecule has 1 saturated carbocycles. The number of amides is 1. The minimum Gasteiger partial charge on any atom is -0.454 e. The first-order valence-corrected chi connectivity index (χ1v) is 7.99. The van der Waals surface area contributed by atoms with E-state index in [9.17, 15) is 4.79 Å². The number of hydrogen-bond acceptors (Lipinski definition) is 6. The first kappa shape index (κ1) is 13.4. The number of carbonyl (C=O) groups is 1. The molecule has 1 aromatic heterocycles. The summed E-state index contributed by atoms with van der Waals surface area (Å²) in [6.07, 6.45) is 3.78. The molecule has 2 N–H and O–H groups in total. The van der Waals surface area contributed by atoms with Crippen LogP contribution in [0.5, 0.6) is 11.5 Å². The predicted octanol–water partition coefficient (Wildman–Crippen LogP) is 2.38. The van der Waals surface area contributed by atoms with Gasteiger partial charge in [0, 0.05) is 12.6 Å². The van der Waals surface area contributed by atoms with Crippen molar-refractivity contribution < 1.29 is 14.3 Å². The molecule has 0 bridgehead atoms. The molecule has 7 heteroatoms. The van der Waals surface area contributed by atoms with E-state index < -0.39 is 0 Å². The molecule has 6 nitrogen and oxygen atoms in total. The van der Waals surface area contributed by atoms with Gasteiger partial charge < -0.3 is 20.1 Å². The minimum absolute atomic E-state index is 0.0314. The van der Waals surface area contributed by atoms with Gasteiger partial charge in [-0.25, -0.2) is 4.98 Å². The summed E-state index contributed by atoms with van der Waals surface area (Å²) in [6.45, 7) is 0.895. The summed E-state index contributed by atoms with van der Waals surface area (Å²) in [7, 11) is 0. The largest absolute Gasteiger partial charge is 0.454 e. The molecular weight excluding hydrogens is 302 g/mol. The second-order valence-electron chi connectivity index (χ2n) is 5.32. The fourth-order valence-corrected chi connectivity index (χ4v) is 2.89. The third-order valence-corrected chi connectivity index (χ3v) is 4.48. The van der Waals surface area contributed by atoms with Crippen molar-refractivity contribution in [2.75, 3.05) is 12.1 Å². The number of nitrogens with zero attached hydrogens (tertiary/aromatic N) is 1. The second kappa shape index (κ2) is 5.49. The summed E-state index contributed by atoms with van der Waals surface area (Å²) in [5.41, 5.74) is 1.07. The van der Waals surface area contributed by atoms with Gasteiger partial charge in [0.25, 0.3) is 5.91 Å². The van der Waals surface area contributed by atoms with Gasteiger partial charge in [0.1, 0.15) is 4.88 Å². The molecular formula is C15H15N3O3S. The predicted molar refractivity (Wildman–Crippen MR) is 82.5 cm³/mol. The van der Waals surface area contributed by atoms with E-state index in [0.717, 1.165) is 35.0 Å². The zero-order valence-electron chi connectivity index (χ0n) is 11.8. The molecule has 0 atom stereocenters. The van der Waals surface area contributed by atoms with Crippen LogP contribution in [0.1, 0.15) is 28.1 Å². The van der Waals surface area contributed by atoms with Gasteiger partial charge in [0.15, 0.2) is 16.6 Å². The second-order valence-corrected chi connectivity index (χ2v) is 6.35. The van der Waals surface area contributed by atoms with E-state index in [1.54, 1.807) is 6.20 Å². The quantitative estimate of drug-likeness (QED) is 0.886. The molecule has 22 heavy (non-hydrogen) atoms. The van der Waals surface area contributed by atoms with Crippen LogP contribution in [-0.2, 0) is 6.54 Å². The molecule has 2 aliphatic rings. The highest BCUT2D eigenvalue weighted by Gasteiger charge is 2.24. The molecule has 114 valence electrons. The van der Waals surface area contributed by atoms with Crippen LogP contribution >= 0.6 is 11.3 Å². The summed E-state index contributed by atoms with van der Waals surface area (Å²) in [5, 5.41) is 6.92. The number of benzene rings is 1. The Morgan fingerprint density at radius 3 is 3.05 bits per heavy atom. The maximum absolute atomic E-state index is 11.9. The van der Waals surface area contributed by atoms with Crippen LogP contribution in [0.3, 0.4) is 0 Å². The van der Waals surface area contributed by atoms with Crippen molar-refractivity contribution in [2.24, 2.45) is 0 Å². The summed E-state index contributed by atoms with van der Waals surface area (Å²) >= 11 is 1.37. The number of hydrogen-bond donors (Lipinski definition) is 2. The number of thiazole rings is 1. The van der Waals surface area contributed by atoms with Crippen LogP contribution in [0, 0.1) is 0 Å². The molecule has 1 aliphatic heterocycles. The molecule has 0 unspecified atom stereocenters. The van der Waals surface area contributed by atoms with Crippen LogP contribution in [0.2, 0.25) is 0 Å². The van der Waals surface area contributed by atoms with E-state index in [-0.39, 0.29) is 12.7 Å². The molecule has 1 aromatic carbocycles. The van der Waals surface area contributed by atoms with Gasteiger partial charge in [0.05, 0.1) is 6.20 Å². The molecule has 1 amide bonds. The lowest BCUT2D eigenvalue weighted by Gasteiger charge is -2.04. The van der Waals surface area contributed by atoms with E-state index in [4.69, 9.17) is 9.47 Å². The Bertz CT molecular complexity index is 712. The van der Waals surface area contributed by atoms with E-state index in [1.165, 1.54) is 11.3 Å². The average Bonchev–Trinajstić information content (AvgIpc) is 3.05. The van der Waals surface area contributed by atoms with Gasteiger partial charge in [-0.05, 0) is 30.5 Å². The number of carbonyl (C=O) groups excluding carboxylic acids is 1. The SMILES string of the molecule is O=C(NC1CC1)c1cnc(NCc2ccc3c(c2)OCO3)s1. The lowest BCUT2D eigenvalue weighted by atomic mass is 10.2. The Labute approximate surface area is 131 Å². The summed E-state index contributed by atoms with van der Waals surface area (Å²) in [6, 6.07) is 6.19. The fourth-order valence-electron chi connectivity index (χ4n) is 2.17. The lowest BCUT2D eigenvalue weighted by molar-refractivity contribution is 0.0955. The standard InChI is InChI=1S/C15H15N3O3S/c19-14(18-10-2-3-10)13-7-17-15(22-13)16-6-9-1-4-11-12(5-9)21-8-20-11/h1,4-5,7,10H,2-3,6,8H2,(H,16,17)(H,18,19).